The third kappa shape index (κ3) is 2.00. The Morgan fingerprint density at radius 2 is 2.33 bits per heavy atom. The van der Waals surface area contributed by atoms with Crippen LogP contribution in [0.15, 0.2) is 18.2 Å². The Kier molecular flexibility index (Phi) is 2.80. The van der Waals surface area contributed by atoms with Crippen molar-refractivity contribution in [3.63, 3.8) is 0 Å². The van der Waals surface area contributed by atoms with Crippen molar-refractivity contribution in [3.05, 3.63) is 28.8 Å². The lowest BCUT2D eigenvalue weighted by Crippen LogP contribution is -2.20. The maximum Gasteiger partial charge on any atom is 0.312 e. The van der Waals surface area contributed by atoms with Crippen LogP contribution in [-0.2, 0) is 4.79 Å². The van der Waals surface area contributed by atoms with Crippen molar-refractivity contribution in [1.82, 2.24) is 4.98 Å². The first kappa shape index (κ1) is 11.6. The topological polar surface area (TPSA) is 76.2 Å². The molecule has 1 saturated carbocycles. The van der Waals surface area contributed by atoms with Gasteiger partial charge in [0.15, 0.2) is 0 Å². The number of aromatic nitrogens is 1. The normalized spacial score (nSPS) is 16.9. The number of thiazole rings is 1. The SMILES string of the molecule is NCC(C(=O)O)c1ccc2sc(C3CC3)nc2c1. The first-order valence-electron chi connectivity index (χ1n) is 6.02. The first-order chi connectivity index (χ1) is 8.69. The predicted molar refractivity (Wildman–Crippen MR) is 71.0 cm³/mol. The number of nitrogens with zero attached hydrogens (tertiary/aromatic N) is 1. The molecule has 1 aliphatic carbocycles. The lowest BCUT2D eigenvalue weighted by Gasteiger charge is -2.09. The third-order valence-corrected chi connectivity index (χ3v) is 4.49. The van der Waals surface area contributed by atoms with Gasteiger partial charge in [-0.3, -0.25) is 4.79 Å². The highest BCUT2D eigenvalue weighted by atomic mass is 32.1. The molecule has 1 atom stereocenters. The second-order valence-corrected chi connectivity index (χ2v) is 5.74. The monoisotopic (exact) mass is 262 g/mol. The molecule has 1 aromatic heterocycles. The molecular weight excluding hydrogens is 248 g/mol. The highest BCUT2D eigenvalue weighted by Gasteiger charge is 2.27. The number of hydrogen-bond acceptors (Lipinski definition) is 4. The molecule has 3 rings (SSSR count). The summed E-state index contributed by atoms with van der Waals surface area (Å²) in [6.45, 7) is 0.112. The summed E-state index contributed by atoms with van der Waals surface area (Å²) in [4.78, 5) is 15.7. The van der Waals surface area contributed by atoms with E-state index in [4.69, 9.17) is 10.8 Å². The van der Waals surface area contributed by atoms with Gasteiger partial charge in [0.25, 0.3) is 0 Å². The summed E-state index contributed by atoms with van der Waals surface area (Å²) in [6.07, 6.45) is 2.46. The van der Waals surface area contributed by atoms with Gasteiger partial charge in [-0.2, -0.15) is 0 Å². The van der Waals surface area contributed by atoms with Gasteiger partial charge in [-0.05, 0) is 30.5 Å². The molecule has 0 radical (unpaired) electrons. The average Bonchev–Trinajstić information content (AvgIpc) is 3.10. The minimum absolute atomic E-state index is 0.112. The highest BCUT2D eigenvalue weighted by molar-refractivity contribution is 7.18. The van der Waals surface area contributed by atoms with E-state index in [1.54, 1.807) is 11.3 Å². The largest absolute Gasteiger partial charge is 0.481 e. The minimum Gasteiger partial charge on any atom is -0.481 e. The molecule has 1 aromatic carbocycles. The molecule has 2 aromatic rings. The van der Waals surface area contributed by atoms with Gasteiger partial charge in [0.2, 0.25) is 0 Å². The number of carboxylic acids is 1. The minimum atomic E-state index is -0.880. The van der Waals surface area contributed by atoms with E-state index in [0.717, 1.165) is 15.8 Å². The number of hydrogen-bond donors (Lipinski definition) is 2. The van der Waals surface area contributed by atoms with Crippen molar-refractivity contribution >= 4 is 27.5 Å². The summed E-state index contributed by atoms with van der Waals surface area (Å²) in [7, 11) is 0. The van der Waals surface area contributed by atoms with Gasteiger partial charge in [0, 0.05) is 12.5 Å². The smallest absolute Gasteiger partial charge is 0.312 e. The maximum absolute atomic E-state index is 11.1. The lowest BCUT2D eigenvalue weighted by molar-refractivity contribution is -0.138. The number of fused-ring (bicyclic) bond motifs is 1. The molecule has 1 fully saturated rings. The molecule has 0 spiro atoms. The van der Waals surface area contributed by atoms with E-state index in [2.05, 4.69) is 4.98 Å². The Morgan fingerprint density at radius 3 is 2.94 bits per heavy atom. The molecule has 3 N–H and O–H groups in total. The van der Waals surface area contributed by atoms with Crippen molar-refractivity contribution in [3.8, 4) is 0 Å². The quantitative estimate of drug-likeness (QED) is 0.886. The van der Waals surface area contributed by atoms with E-state index >= 15 is 0 Å². The van der Waals surface area contributed by atoms with Crippen LogP contribution >= 0.6 is 11.3 Å². The van der Waals surface area contributed by atoms with E-state index in [9.17, 15) is 4.79 Å². The highest BCUT2D eigenvalue weighted by Crippen LogP contribution is 2.43. The molecule has 0 aliphatic heterocycles. The first-order valence-corrected chi connectivity index (χ1v) is 6.84. The molecule has 0 amide bonds. The average molecular weight is 262 g/mol. The standard InChI is InChI=1S/C13H14N2O2S/c14-6-9(13(16)17)8-3-4-11-10(5-8)15-12(18-11)7-1-2-7/h3-5,7,9H,1-2,6,14H2,(H,16,17). The van der Waals surface area contributed by atoms with Crippen LogP contribution in [0.4, 0.5) is 0 Å². The third-order valence-electron chi connectivity index (χ3n) is 3.29. The zero-order valence-corrected chi connectivity index (χ0v) is 10.6. The van der Waals surface area contributed by atoms with Gasteiger partial charge >= 0.3 is 5.97 Å². The summed E-state index contributed by atoms with van der Waals surface area (Å²) in [5.74, 6) is -0.884. The number of nitrogens with two attached hydrogens (primary N) is 1. The lowest BCUT2D eigenvalue weighted by atomic mass is 9.99. The van der Waals surface area contributed by atoms with Crippen LogP contribution in [0.25, 0.3) is 10.2 Å². The van der Waals surface area contributed by atoms with Gasteiger partial charge in [-0.15, -0.1) is 11.3 Å². The van der Waals surface area contributed by atoms with Gasteiger partial charge < -0.3 is 10.8 Å². The van der Waals surface area contributed by atoms with Crippen LogP contribution in [0.5, 0.6) is 0 Å². The second-order valence-electron chi connectivity index (χ2n) is 4.68. The zero-order chi connectivity index (χ0) is 12.7. The fourth-order valence-electron chi connectivity index (χ4n) is 2.06. The fourth-order valence-corrected chi connectivity index (χ4v) is 3.18. The number of carbonyl (C=O) groups is 1. The van der Waals surface area contributed by atoms with Crippen LogP contribution < -0.4 is 5.73 Å². The fraction of sp³-hybridized carbons (Fsp3) is 0.385. The van der Waals surface area contributed by atoms with Crippen LogP contribution in [0, 0.1) is 0 Å². The number of aliphatic carboxylic acids is 1. The van der Waals surface area contributed by atoms with Crippen LogP contribution in [0.1, 0.15) is 35.2 Å². The number of rotatable bonds is 4. The van der Waals surface area contributed by atoms with Crippen molar-refractivity contribution in [2.24, 2.45) is 5.73 Å². The molecule has 4 nitrogen and oxygen atoms in total. The van der Waals surface area contributed by atoms with E-state index in [1.807, 2.05) is 18.2 Å². The van der Waals surface area contributed by atoms with E-state index in [1.165, 1.54) is 17.8 Å². The van der Waals surface area contributed by atoms with Crippen molar-refractivity contribution in [1.29, 1.82) is 0 Å². The van der Waals surface area contributed by atoms with Crippen molar-refractivity contribution < 1.29 is 9.90 Å². The molecule has 0 bridgehead atoms. The predicted octanol–water partition coefficient (Wildman–Crippen LogP) is 2.30. The zero-order valence-electron chi connectivity index (χ0n) is 9.80. The molecule has 1 aliphatic rings. The maximum atomic E-state index is 11.1. The summed E-state index contributed by atoms with van der Waals surface area (Å²) >= 11 is 1.71. The van der Waals surface area contributed by atoms with E-state index in [-0.39, 0.29) is 6.54 Å². The van der Waals surface area contributed by atoms with Crippen molar-refractivity contribution in [2.75, 3.05) is 6.54 Å². The molecule has 1 unspecified atom stereocenters. The summed E-state index contributed by atoms with van der Waals surface area (Å²) in [6, 6.07) is 5.67. The van der Waals surface area contributed by atoms with E-state index < -0.39 is 11.9 Å². The number of benzene rings is 1. The summed E-state index contributed by atoms with van der Waals surface area (Å²) < 4.78 is 1.13. The second kappa shape index (κ2) is 4.33. The van der Waals surface area contributed by atoms with Crippen LogP contribution in [0.3, 0.4) is 0 Å². The van der Waals surface area contributed by atoms with E-state index in [0.29, 0.717) is 5.92 Å². The van der Waals surface area contributed by atoms with Gasteiger partial charge in [-0.25, -0.2) is 4.98 Å². The van der Waals surface area contributed by atoms with Crippen LogP contribution in [0.2, 0.25) is 0 Å². The Labute approximate surface area is 108 Å². The Bertz CT molecular complexity index is 604. The van der Waals surface area contributed by atoms with Crippen LogP contribution in [-0.4, -0.2) is 22.6 Å². The molecule has 5 heteroatoms. The Morgan fingerprint density at radius 1 is 1.56 bits per heavy atom. The van der Waals surface area contributed by atoms with Gasteiger partial charge in [-0.1, -0.05) is 6.07 Å². The Balaban J connectivity index is 2.01. The molecule has 0 saturated heterocycles. The molecule has 94 valence electrons. The molecule has 18 heavy (non-hydrogen) atoms. The Hall–Kier alpha value is -1.46. The molecule has 1 heterocycles. The summed E-state index contributed by atoms with van der Waals surface area (Å²) in [5, 5.41) is 10.3. The van der Waals surface area contributed by atoms with Crippen molar-refractivity contribution in [2.45, 2.75) is 24.7 Å². The van der Waals surface area contributed by atoms with Gasteiger partial charge in [0.1, 0.15) is 0 Å². The molecular formula is C13H14N2O2S. The number of carboxylic acid groups (broad SMARTS) is 1. The summed E-state index contributed by atoms with van der Waals surface area (Å²) in [5.41, 5.74) is 7.16. The van der Waals surface area contributed by atoms with Gasteiger partial charge in [0.05, 0.1) is 21.1 Å².